The minimum atomic E-state index is -0.548. The fourth-order valence-corrected chi connectivity index (χ4v) is 1.91. The molecular formula is C15H24N2O2. The molecule has 19 heavy (non-hydrogen) atoms. The molecule has 0 fully saturated rings. The third-order valence-corrected chi connectivity index (χ3v) is 3.11. The summed E-state index contributed by atoms with van der Waals surface area (Å²) in [5, 5.41) is 12.1. The maximum absolute atomic E-state index is 11.9. The zero-order chi connectivity index (χ0) is 14.3. The first-order valence-corrected chi connectivity index (χ1v) is 6.86. The van der Waals surface area contributed by atoms with E-state index in [1.807, 2.05) is 6.92 Å². The number of carbonyl (C=O) groups is 1. The van der Waals surface area contributed by atoms with Gasteiger partial charge in [-0.3, -0.25) is 4.79 Å². The Labute approximate surface area is 115 Å². The van der Waals surface area contributed by atoms with Gasteiger partial charge in [-0.1, -0.05) is 31.9 Å². The molecular weight excluding hydrogens is 240 g/mol. The molecule has 0 saturated heterocycles. The lowest BCUT2D eigenvalue weighted by Crippen LogP contribution is -2.45. The Kier molecular flexibility index (Phi) is 6.36. The van der Waals surface area contributed by atoms with Gasteiger partial charge in [0, 0.05) is 6.04 Å². The van der Waals surface area contributed by atoms with E-state index in [9.17, 15) is 9.90 Å². The van der Waals surface area contributed by atoms with Crippen LogP contribution in [0.5, 0.6) is 5.75 Å². The van der Waals surface area contributed by atoms with Crippen molar-refractivity contribution in [2.24, 2.45) is 5.73 Å². The highest BCUT2D eigenvalue weighted by Gasteiger charge is 2.15. The largest absolute Gasteiger partial charge is 0.508 e. The molecule has 106 valence electrons. The number of rotatable bonds is 7. The number of hydrogen-bond donors (Lipinski definition) is 3. The summed E-state index contributed by atoms with van der Waals surface area (Å²) < 4.78 is 0. The number of nitrogens with two attached hydrogens (primary N) is 1. The molecule has 0 spiro atoms. The predicted octanol–water partition coefficient (Wildman–Crippen LogP) is 1.96. The second-order valence-corrected chi connectivity index (χ2v) is 5.03. The molecule has 4 heteroatoms. The van der Waals surface area contributed by atoms with Crippen molar-refractivity contribution in [2.75, 3.05) is 0 Å². The zero-order valence-electron chi connectivity index (χ0n) is 11.7. The van der Waals surface area contributed by atoms with Gasteiger partial charge in [0.05, 0.1) is 6.04 Å². The van der Waals surface area contributed by atoms with E-state index in [1.54, 1.807) is 24.3 Å². The molecule has 4 nitrogen and oxygen atoms in total. The van der Waals surface area contributed by atoms with Crippen LogP contribution in [0.2, 0.25) is 0 Å². The molecule has 1 aromatic rings. The average Bonchev–Trinajstić information content (AvgIpc) is 2.39. The quantitative estimate of drug-likeness (QED) is 0.704. The standard InChI is InChI=1S/C15H24N2O2/c1-3-4-5-11(2)17-15(19)14(16)10-12-6-8-13(18)9-7-12/h6-9,11,14,18H,3-5,10,16H2,1-2H3,(H,17,19). The van der Waals surface area contributed by atoms with Gasteiger partial charge in [0.2, 0.25) is 5.91 Å². The van der Waals surface area contributed by atoms with Crippen molar-refractivity contribution in [3.05, 3.63) is 29.8 Å². The van der Waals surface area contributed by atoms with E-state index in [4.69, 9.17) is 5.73 Å². The second-order valence-electron chi connectivity index (χ2n) is 5.03. The summed E-state index contributed by atoms with van der Waals surface area (Å²) in [6.07, 6.45) is 3.69. The van der Waals surface area contributed by atoms with Gasteiger partial charge < -0.3 is 16.2 Å². The maximum atomic E-state index is 11.9. The van der Waals surface area contributed by atoms with Crippen LogP contribution in [0.1, 0.15) is 38.7 Å². The number of phenolic OH excluding ortho intramolecular Hbond substituents is 1. The van der Waals surface area contributed by atoms with Gasteiger partial charge in [-0.2, -0.15) is 0 Å². The van der Waals surface area contributed by atoms with Crippen LogP contribution in [0, 0.1) is 0 Å². The molecule has 0 heterocycles. The zero-order valence-corrected chi connectivity index (χ0v) is 11.7. The molecule has 1 aromatic carbocycles. The maximum Gasteiger partial charge on any atom is 0.237 e. The van der Waals surface area contributed by atoms with Gasteiger partial charge in [0.25, 0.3) is 0 Å². The Bertz CT molecular complexity index is 390. The van der Waals surface area contributed by atoms with Crippen molar-refractivity contribution in [2.45, 2.75) is 51.6 Å². The number of carbonyl (C=O) groups excluding carboxylic acids is 1. The van der Waals surface area contributed by atoms with Crippen LogP contribution >= 0.6 is 0 Å². The van der Waals surface area contributed by atoms with Crippen LogP contribution in [0.25, 0.3) is 0 Å². The summed E-state index contributed by atoms with van der Waals surface area (Å²) in [5.74, 6) is 0.103. The van der Waals surface area contributed by atoms with Crippen LogP contribution in [-0.2, 0) is 11.2 Å². The summed E-state index contributed by atoms with van der Waals surface area (Å²) >= 11 is 0. The molecule has 0 radical (unpaired) electrons. The molecule has 0 aliphatic heterocycles. The van der Waals surface area contributed by atoms with E-state index in [2.05, 4.69) is 12.2 Å². The molecule has 0 aliphatic carbocycles. The van der Waals surface area contributed by atoms with Gasteiger partial charge in [0.1, 0.15) is 5.75 Å². The first-order chi connectivity index (χ1) is 9.02. The number of benzene rings is 1. The van der Waals surface area contributed by atoms with Crippen molar-refractivity contribution >= 4 is 5.91 Å². The van der Waals surface area contributed by atoms with Crippen LogP contribution in [0.3, 0.4) is 0 Å². The van der Waals surface area contributed by atoms with Crippen molar-refractivity contribution in [3.8, 4) is 5.75 Å². The van der Waals surface area contributed by atoms with E-state index in [0.717, 1.165) is 24.8 Å². The number of aromatic hydroxyl groups is 1. The van der Waals surface area contributed by atoms with Gasteiger partial charge in [0.15, 0.2) is 0 Å². The smallest absolute Gasteiger partial charge is 0.237 e. The molecule has 0 aromatic heterocycles. The number of amides is 1. The molecule has 1 amide bonds. The lowest BCUT2D eigenvalue weighted by atomic mass is 10.0. The lowest BCUT2D eigenvalue weighted by Gasteiger charge is -2.17. The first kappa shape index (κ1) is 15.5. The fraction of sp³-hybridized carbons (Fsp3) is 0.533. The summed E-state index contributed by atoms with van der Waals surface area (Å²) in [6.45, 7) is 4.13. The minimum Gasteiger partial charge on any atom is -0.508 e. The van der Waals surface area contributed by atoms with Gasteiger partial charge >= 0.3 is 0 Å². The number of unbranched alkanes of at least 4 members (excludes halogenated alkanes) is 1. The number of nitrogens with one attached hydrogen (secondary N) is 1. The molecule has 2 atom stereocenters. The monoisotopic (exact) mass is 264 g/mol. The molecule has 0 aliphatic rings. The SMILES string of the molecule is CCCCC(C)NC(=O)C(N)Cc1ccc(O)cc1. The fourth-order valence-electron chi connectivity index (χ4n) is 1.91. The van der Waals surface area contributed by atoms with Gasteiger partial charge in [-0.25, -0.2) is 0 Å². The van der Waals surface area contributed by atoms with E-state index in [0.29, 0.717) is 6.42 Å². The molecule has 0 saturated carbocycles. The number of hydrogen-bond acceptors (Lipinski definition) is 3. The van der Waals surface area contributed by atoms with E-state index < -0.39 is 6.04 Å². The Morgan fingerprint density at radius 3 is 2.58 bits per heavy atom. The minimum absolute atomic E-state index is 0.114. The number of phenols is 1. The van der Waals surface area contributed by atoms with E-state index in [1.165, 1.54) is 0 Å². The van der Waals surface area contributed by atoms with E-state index >= 15 is 0 Å². The summed E-state index contributed by atoms with van der Waals surface area (Å²) in [6, 6.07) is 6.38. The Balaban J connectivity index is 2.42. The third-order valence-electron chi connectivity index (χ3n) is 3.11. The highest BCUT2D eigenvalue weighted by Crippen LogP contribution is 2.11. The predicted molar refractivity (Wildman–Crippen MR) is 76.9 cm³/mol. The lowest BCUT2D eigenvalue weighted by molar-refractivity contribution is -0.123. The summed E-state index contributed by atoms with van der Waals surface area (Å²) in [5.41, 5.74) is 6.84. The normalized spacial score (nSPS) is 13.8. The van der Waals surface area contributed by atoms with Crippen molar-refractivity contribution in [3.63, 3.8) is 0 Å². The van der Waals surface area contributed by atoms with E-state index in [-0.39, 0.29) is 17.7 Å². The molecule has 1 rings (SSSR count). The van der Waals surface area contributed by atoms with Crippen LogP contribution in [0.15, 0.2) is 24.3 Å². The van der Waals surface area contributed by atoms with Crippen LogP contribution in [0.4, 0.5) is 0 Å². The second kappa shape index (κ2) is 7.79. The van der Waals surface area contributed by atoms with Gasteiger partial charge in [-0.15, -0.1) is 0 Å². The Morgan fingerprint density at radius 1 is 1.37 bits per heavy atom. The van der Waals surface area contributed by atoms with Crippen molar-refractivity contribution < 1.29 is 9.90 Å². The molecule has 2 unspecified atom stereocenters. The Hall–Kier alpha value is -1.55. The third kappa shape index (κ3) is 5.75. The van der Waals surface area contributed by atoms with Gasteiger partial charge in [-0.05, 0) is 37.5 Å². The Morgan fingerprint density at radius 2 is 2.00 bits per heavy atom. The van der Waals surface area contributed by atoms with Crippen molar-refractivity contribution in [1.29, 1.82) is 0 Å². The molecule has 0 bridgehead atoms. The highest BCUT2D eigenvalue weighted by atomic mass is 16.3. The first-order valence-electron chi connectivity index (χ1n) is 6.86. The average molecular weight is 264 g/mol. The van der Waals surface area contributed by atoms with Crippen LogP contribution < -0.4 is 11.1 Å². The summed E-state index contributed by atoms with van der Waals surface area (Å²) in [7, 11) is 0. The van der Waals surface area contributed by atoms with Crippen LogP contribution in [-0.4, -0.2) is 23.1 Å². The molecule has 4 N–H and O–H groups in total. The summed E-state index contributed by atoms with van der Waals surface area (Å²) in [4.78, 5) is 11.9. The highest BCUT2D eigenvalue weighted by molar-refractivity contribution is 5.82. The van der Waals surface area contributed by atoms with Crippen molar-refractivity contribution in [1.82, 2.24) is 5.32 Å². The topological polar surface area (TPSA) is 75.4 Å².